The number of benzene rings is 1. The molecule has 1 aromatic carbocycles. The maximum atomic E-state index is 12.7. The molecule has 136 valence electrons. The van der Waals surface area contributed by atoms with E-state index in [1.54, 1.807) is 27.7 Å². The summed E-state index contributed by atoms with van der Waals surface area (Å²) in [5.41, 5.74) is 0.408. The third-order valence-electron chi connectivity index (χ3n) is 3.83. The molecule has 0 aromatic heterocycles. The molecular weight excluding hydrogens is 322 g/mol. The SMILES string of the molecule is CC(CC(=O)OC(C)(C)C)C(=O)N1C(=O)OCC1Cc1ccccc1. The van der Waals surface area contributed by atoms with Gasteiger partial charge in [0.1, 0.15) is 12.2 Å². The number of carbonyl (C=O) groups is 3. The zero-order chi connectivity index (χ0) is 18.6. The minimum atomic E-state index is -0.654. The van der Waals surface area contributed by atoms with Crippen LogP contribution >= 0.6 is 0 Å². The Balaban J connectivity index is 2.02. The van der Waals surface area contributed by atoms with Gasteiger partial charge in [0.2, 0.25) is 5.91 Å². The van der Waals surface area contributed by atoms with Gasteiger partial charge < -0.3 is 9.47 Å². The first-order valence-electron chi connectivity index (χ1n) is 8.43. The standard InChI is InChI=1S/C19H25NO5/c1-13(10-16(21)25-19(2,3)4)17(22)20-15(12-24-18(20)23)11-14-8-6-5-7-9-14/h5-9,13,15H,10-12H2,1-4H3. The molecule has 0 saturated carbocycles. The van der Waals surface area contributed by atoms with Crippen molar-refractivity contribution in [1.82, 2.24) is 4.90 Å². The predicted octanol–water partition coefficient (Wildman–Crippen LogP) is 2.94. The summed E-state index contributed by atoms with van der Waals surface area (Å²) in [6.07, 6.45) is -0.197. The molecule has 2 atom stereocenters. The van der Waals surface area contributed by atoms with Crippen LogP contribution in [0.1, 0.15) is 39.7 Å². The highest BCUT2D eigenvalue weighted by molar-refractivity contribution is 5.96. The summed E-state index contributed by atoms with van der Waals surface area (Å²) in [6, 6.07) is 9.24. The Hall–Kier alpha value is -2.37. The smallest absolute Gasteiger partial charge is 0.416 e. The van der Waals surface area contributed by atoms with Crippen LogP contribution in [0.3, 0.4) is 0 Å². The van der Waals surface area contributed by atoms with Crippen LogP contribution in [0.4, 0.5) is 4.79 Å². The van der Waals surface area contributed by atoms with Crippen molar-refractivity contribution >= 4 is 18.0 Å². The molecule has 0 radical (unpaired) electrons. The number of nitrogens with zero attached hydrogens (tertiary/aromatic N) is 1. The van der Waals surface area contributed by atoms with Crippen molar-refractivity contribution in [2.24, 2.45) is 5.92 Å². The highest BCUT2D eigenvalue weighted by atomic mass is 16.6. The summed E-state index contributed by atoms with van der Waals surface area (Å²) < 4.78 is 10.3. The lowest BCUT2D eigenvalue weighted by molar-refractivity contribution is -0.158. The number of rotatable bonds is 5. The van der Waals surface area contributed by atoms with Gasteiger partial charge in [0.05, 0.1) is 12.5 Å². The van der Waals surface area contributed by atoms with E-state index in [9.17, 15) is 14.4 Å². The first-order valence-corrected chi connectivity index (χ1v) is 8.43. The van der Waals surface area contributed by atoms with Gasteiger partial charge in [-0.3, -0.25) is 9.59 Å². The van der Waals surface area contributed by atoms with Gasteiger partial charge in [-0.1, -0.05) is 37.3 Å². The average Bonchev–Trinajstić information content (AvgIpc) is 2.86. The van der Waals surface area contributed by atoms with Crippen LogP contribution in [0.25, 0.3) is 0 Å². The van der Waals surface area contributed by atoms with Gasteiger partial charge in [-0.25, -0.2) is 9.69 Å². The Bertz CT molecular complexity index is 635. The fourth-order valence-electron chi connectivity index (χ4n) is 2.72. The molecule has 1 aliphatic rings. The lowest BCUT2D eigenvalue weighted by Gasteiger charge is -2.24. The molecule has 0 spiro atoms. The van der Waals surface area contributed by atoms with E-state index in [-0.39, 0.29) is 19.1 Å². The molecule has 2 rings (SSSR count). The molecule has 6 heteroatoms. The van der Waals surface area contributed by atoms with E-state index in [2.05, 4.69) is 0 Å². The van der Waals surface area contributed by atoms with Crippen LogP contribution in [0.15, 0.2) is 30.3 Å². The minimum Gasteiger partial charge on any atom is -0.460 e. The topological polar surface area (TPSA) is 72.9 Å². The largest absolute Gasteiger partial charge is 0.460 e. The normalized spacial score (nSPS) is 18.6. The van der Waals surface area contributed by atoms with E-state index in [4.69, 9.17) is 9.47 Å². The Morgan fingerprint density at radius 1 is 1.28 bits per heavy atom. The van der Waals surface area contributed by atoms with Crippen molar-refractivity contribution < 1.29 is 23.9 Å². The van der Waals surface area contributed by atoms with Gasteiger partial charge in [0, 0.05) is 5.92 Å². The maximum absolute atomic E-state index is 12.7. The number of amides is 2. The van der Waals surface area contributed by atoms with E-state index in [1.165, 1.54) is 0 Å². The van der Waals surface area contributed by atoms with Gasteiger partial charge in [-0.2, -0.15) is 0 Å². The van der Waals surface area contributed by atoms with Gasteiger partial charge in [0.15, 0.2) is 0 Å². The van der Waals surface area contributed by atoms with Gasteiger partial charge in [0.25, 0.3) is 0 Å². The molecule has 2 unspecified atom stereocenters. The van der Waals surface area contributed by atoms with E-state index in [0.29, 0.717) is 6.42 Å². The number of cyclic esters (lactones) is 1. The molecule has 25 heavy (non-hydrogen) atoms. The average molecular weight is 347 g/mol. The van der Waals surface area contributed by atoms with Crippen molar-refractivity contribution in [2.75, 3.05) is 6.61 Å². The van der Waals surface area contributed by atoms with E-state index < -0.39 is 29.5 Å². The summed E-state index contributed by atoms with van der Waals surface area (Å²) in [7, 11) is 0. The van der Waals surface area contributed by atoms with Crippen molar-refractivity contribution in [3.8, 4) is 0 Å². The Kier molecular flexibility index (Phi) is 5.82. The van der Waals surface area contributed by atoms with Crippen molar-refractivity contribution in [3.63, 3.8) is 0 Å². The number of esters is 1. The van der Waals surface area contributed by atoms with Crippen LogP contribution < -0.4 is 0 Å². The number of hydrogen-bond acceptors (Lipinski definition) is 5. The second kappa shape index (κ2) is 7.68. The molecule has 1 aliphatic heterocycles. The number of hydrogen-bond donors (Lipinski definition) is 0. The fourth-order valence-corrected chi connectivity index (χ4v) is 2.72. The number of ether oxygens (including phenoxy) is 2. The number of carbonyl (C=O) groups excluding carboxylic acids is 3. The lowest BCUT2D eigenvalue weighted by Crippen LogP contribution is -2.43. The monoisotopic (exact) mass is 347 g/mol. The highest BCUT2D eigenvalue weighted by Crippen LogP contribution is 2.22. The second-order valence-corrected chi connectivity index (χ2v) is 7.32. The lowest BCUT2D eigenvalue weighted by atomic mass is 10.0. The van der Waals surface area contributed by atoms with Crippen LogP contribution in [0, 0.1) is 5.92 Å². The first-order chi connectivity index (χ1) is 11.7. The Morgan fingerprint density at radius 2 is 1.92 bits per heavy atom. The van der Waals surface area contributed by atoms with Gasteiger partial charge >= 0.3 is 12.1 Å². The van der Waals surface area contributed by atoms with E-state index >= 15 is 0 Å². The van der Waals surface area contributed by atoms with Crippen molar-refractivity contribution in [3.05, 3.63) is 35.9 Å². The molecule has 1 saturated heterocycles. The maximum Gasteiger partial charge on any atom is 0.416 e. The minimum absolute atomic E-state index is 0.0715. The molecular formula is C19H25NO5. The van der Waals surface area contributed by atoms with Crippen LogP contribution in [-0.4, -0.2) is 41.1 Å². The Morgan fingerprint density at radius 3 is 2.52 bits per heavy atom. The van der Waals surface area contributed by atoms with Crippen LogP contribution in [0.2, 0.25) is 0 Å². The zero-order valence-electron chi connectivity index (χ0n) is 15.2. The summed E-state index contributed by atoms with van der Waals surface area (Å²) in [5.74, 6) is -1.52. The van der Waals surface area contributed by atoms with Crippen LogP contribution in [0.5, 0.6) is 0 Å². The van der Waals surface area contributed by atoms with E-state index in [0.717, 1.165) is 10.5 Å². The van der Waals surface area contributed by atoms with Crippen molar-refractivity contribution in [2.45, 2.75) is 52.2 Å². The molecule has 2 amide bonds. The van der Waals surface area contributed by atoms with E-state index in [1.807, 2.05) is 30.3 Å². The first kappa shape index (κ1) is 19.0. The molecule has 1 heterocycles. The summed E-state index contributed by atoms with van der Waals surface area (Å²) in [4.78, 5) is 37.8. The van der Waals surface area contributed by atoms with Crippen molar-refractivity contribution in [1.29, 1.82) is 0 Å². The summed E-state index contributed by atoms with van der Waals surface area (Å²) >= 11 is 0. The van der Waals surface area contributed by atoms with Gasteiger partial charge in [-0.05, 0) is 32.8 Å². The van der Waals surface area contributed by atoms with Gasteiger partial charge in [-0.15, -0.1) is 0 Å². The third kappa shape index (κ3) is 5.31. The Labute approximate surface area is 148 Å². The zero-order valence-corrected chi connectivity index (χ0v) is 15.2. The quantitative estimate of drug-likeness (QED) is 0.766. The number of imide groups is 1. The van der Waals surface area contributed by atoms with Crippen LogP contribution in [-0.2, 0) is 25.5 Å². The molecule has 6 nitrogen and oxygen atoms in total. The summed E-state index contributed by atoms with van der Waals surface area (Å²) in [5, 5.41) is 0. The molecule has 0 aliphatic carbocycles. The fraction of sp³-hybridized carbons (Fsp3) is 0.526. The molecule has 0 N–H and O–H groups in total. The molecule has 0 bridgehead atoms. The molecule has 1 aromatic rings. The highest BCUT2D eigenvalue weighted by Gasteiger charge is 2.40. The molecule has 1 fully saturated rings. The third-order valence-corrected chi connectivity index (χ3v) is 3.83. The predicted molar refractivity (Wildman–Crippen MR) is 91.8 cm³/mol. The summed E-state index contributed by atoms with van der Waals surface area (Å²) in [6.45, 7) is 7.09. The second-order valence-electron chi connectivity index (χ2n) is 7.32.